The lowest BCUT2D eigenvalue weighted by molar-refractivity contribution is -0.143. The molecule has 61 heavy (non-hydrogen) atoms. The lowest BCUT2D eigenvalue weighted by atomic mass is 10.0. The van der Waals surface area contributed by atoms with Gasteiger partial charge in [-0.25, -0.2) is 0 Å². The van der Waals surface area contributed by atoms with E-state index < -0.39 is 12.1 Å². The summed E-state index contributed by atoms with van der Waals surface area (Å²) in [5.41, 5.74) is 0. The van der Waals surface area contributed by atoms with Gasteiger partial charge in [-0.3, -0.25) is 9.59 Å². The van der Waals surface area contributed by atoms with Crippen molar-refractivity contribution in [2.45, 2.75) is 289 Å². The third-order valence-corrected chi connectivity index (χ3v) is 12.2. The Morgan fingerprint density at radius 2 is 0.836 bits per heavy atom. The molecule has 0 aromatic carbocycles. The SMILES string of the molecule is CCCC/C=C\CCCCCCCC(=O)OCCCCC/C=C\C=C/CCCCCCCCCCCCC(=O)NC(CO)C(O)CCCCCCCCCCCCCCCC. The van der Waals surface area contributed by atoms with E-state index >= 15 is 0 Å². The van der Waals surface area contributed by atoms with Gasteiger partial charge in [0.1, 0.15) is 0 Å². The van der Waals surface area contributed by atoms with Crippen LogP contribution in [0.3, 0.4) is 0 Å². The Kier molecular flexibility index (Phi) is 49.1. The number of carbonyl (C=O) groups excluding carboxylic acids is 2. The van der Waals surface area contributed by atoms with E-state index in [2.05, 4.69) is 55.6 Å². The Labute approximate surface area is 379 Å². The number of esters is 1. The molecule has 1 amide bonds. The predicted octanol–water partition coefficient (Wildman–Crippen LogP) is 16.1. The minimum Gasteiger partial charge on any atom is -0.466 e. The van der Waals surface area contributed by atoms with Crippen molar-refractivity contribution in [1.29, 1.82) is 0 Å². The third kappa shape index (κ3) is 47.4. The largest absolute Gasteiger partial charge is 0.466 e. The maximum Gasteiger partial charge on any atom is 0.305 e. The number of ether oxygens (including phenoxy) is 1. The highest BCUT2D eigenvalue weighted by atomic mass is 16.5. The minimum atomic E-state index is -0.671. The van der Waals surface area contributed by atoms with Crippen molar-refractivity contribution in [3.8, 4) is 0 Å². The summed E-state index contributed by atoms with van der Waals surface area (Å²) in [5, 5.41) is 23.2. The number of nitrogens with one attached hydrogen (secondary N) is 1. The van der Waals surface area contributed by atoms with Crippen LogP contribution in [0, 0.1) is 0 Å². The van der Waals surface area contributed by atoms with Crippen molar-refractivity contribution in [2.75, 3.05) is 13.2 Å². The zero-order valence-electron chi connectivity index (χ0n) is 40.6. The molecule has 0 heterocycles. The van der Waals surface area contributed by atoms with Crippen molar-refractivity contribution < 1.29 is 24.5 Å². The van der Waals surface area contributed by atoms with Crippen molar-refractivity contribution in [1.82, 2.24) is 5.32 Å². The Hall–Kier alpha value is -1.92. The zero-order chi connectivity index (χ0) is 44.4. The average molecular weight is 858 g/mol. The first kappa shape index (κ1) is 59.1. The van der Waals surface area contributed by atoms with E-state index in [4.69, 9.17) is 4.74 Å². The molecule has 6 nitrogen and oxygen atoms in total. The van der Waals surface area contributed by atoms with E-state index in [-0.39, 0.29) is 18.5 Å². The average Bonchev–Trinajstić information content (AvgIpc) is 3.26. The summed E-state index contributed by atoms with van der Waals surface area (Å²) in [7, 11) is 0. The van der Waals surface area contributed by atoms with Crippen LogP contribution in [0.15, 0.2) is 36.5 Å². The van der Waals surface area contributed by atoms with Gasteiger partial charge in [-0.1, -0.05) is 224 Å². The van der Waals surface area contributed by atoms with E-state index in [0.29, 0.717) is 25.9 Å². The molecule has 0 saturated heterocycles. The minimum absolute atomic E-state index is 0.0249. The summed E-state index contributed by atoms with van der Waals surface area (Å²) in [6, 6.07) is -0.549. The summed E-state index contributed by atoms with van der Waals surface area (Å²) in [6.07, 6.45) is 61.2. The lowest BCUT2D eigenvalue weighted by Gasteiger charge is -2.22. The van der Waals surface area contributed by atoms with Gasteiger partial charge in [-0.05, 0) is 77.0 Å². The van der Waals surface area contributed by atoms with E-state index in [0.717, 1.165) is 70.6 Å². The van der Waals surface area contributed by atoms with Crippen molar-refractivity contribution in [2.24, 2.45) is 0 Å². The Morgan fingerprint density at radius 1 is 0.459 bits per heavy atom. The maximum atomic E-state index is 12.4. The molecule has 0 aliphatic heterocycles. The Morgan fingerprint density at radius 3 is 1.31 bits per heavy atom. The fourth-order valence-corrected chi connectivity index (χ4v) is 8.02. The highest BCUT2D eigenvalue weighted by Gasteiger charge is 2.20. The van der Waals surface area contributed by atoms with Gasteiger partial charge in [0.2, 0.25) is 5.91 Å². The lowest BCUT2D eigenvalue weighted by Crippen LogP contribution is -2.45. The summed E-state index contributed by atoms with van der Waals surface area (Å²) >= 11 is 0. The van der Waals surface area contributed by atoms with Gasteiger partial charge in [0, 0.05) is 12.8 Å². The molecule has 2 unspecified atom stereocenters. The number of amides is 1. The highest BCUT2D eigenvalue weighted by Crippen LogP contribution is 2.16. The van der Waals surface area contributed by atoms with Crippen LogP contribution < -0.4 is 5.32 Å². The smallest absolute Gasteiger partial charge is 0.305 e. The molecule has 2 atom stereocenters. The van der Waals surface area contributed by atoms with Crippen LogP contribution in [-0.2, 0) is 14.3 Å². The predicted molar refractivity (Wildman–Crippen MR) is 264 cm³/mol. The molecule has 0 aliphatic rings. The van der Waals surface area contributed by atoms with E-state index in [1.165, 1.54) is 173 Å². The molecule has 358 valence electrons. The van der Waals surface area contributed by atoms with Gasteiger partial charge in [-0.15, -0.1) is 0 Å². The van der Waals surface area contributed by atoms with Gasteiger partial charge in [-0.2, -0.15) is 0 Å². The summed E-state index contributed by atoms with van der Waals surface area (Å²) in [4.78, 5) is 24.4. The van der Waals surface area contributed by atoms with Crippen molar-refractivity contribution >= 4 is 11.9 Å². The monoisotopic (exact) mass is 858 g/mol. The molecule has 0 radical (unpaired) electrons. The second-order valence-corrected chi connectivity index (χ2v) is 18.2. The van der Waals surface area contributed by atoms with Crippen LogP contribution in [0.4, 0.5) is 0 Å². The highest BCUT2D eigenvalue weighted by molar-refractivity contribution is 5.76. The van der Waals surface area contributed by atoms with Crippen LogP contribution >= 0.6 is 0 Å². The molecule has 0 aromatic rings. The molecule has 6 heteroatoms. The number of hydrogen-bond donors (Lipinski definition) is 3. The number of unbranched alkanes of at least 4 members (excludes halogenated alkanes) is 33. The summed E-state index contributed by atoms with van der Waals surface area (Å²) in [5.74, 6) is -0.0701. The van der Waals surface area contributed by atoms with Crippen LogP contribution in [-0.4, -0.2) is 47.4 Å². The number of hydrogen-bond acceptors (Lipinski definition) is 5. The quantitative estimate of drug-likeness (QED) is 0.0245. The fraction of sp³-hybridized carbons (Fsp3) is 0.855. The molecule has 0 bridgehead atoms. The first-order valence-corrected chi connectivity index (χ1v) is 26.8. The Bertz CT molecular complexity index is 993. The van der Waals surface area contributed by atoms with Crippen molar-refractivity contribution in [3.63, 3.8) is 0 Å². The van der Waals surface area contributed by atoms with Crippen LogP contribution in [0.2, 0.25) is 0 Å². The number of carbonyl (C=O) groups is 2. The molecule has 3 N–H and O–H groups in total. The number of rotatable bonds is 49. The van der Waals surface area contributed by atoms with Crippen molar-refractivity contribution in [3.05, 3.63) is 36.5 Å². The fourth-order valence-electron chi connectivity index (χ4n) is 8.02. The van der Waals surface area contributed by atoms with Crippen LogP contribution in [0.1, 0.15) is 277 Å². The molecule has 0 aliphatic carbocycles. The molecule has 0 fully saturated rings. The first-order valence-electron chi connectivity index (χ1n) is 26.8. The third-order valence-electron chi connectivity index (χ3n) is 12.2. The second-order valence-electron chi connectivity index (χ2n) is 18.2. The van der Waals surface area contributed by atoms with Crippen LogP contribution in [0.25, 0.3) is 0 Å². The maximum absolute atomic E-state index is 12.4. The van der Waals surface area contributed by atoms with Gasteiger partial charge in [0.25, 0.3) is 0 Å². The van der Waals surface area contributed by atoms with Gasteiger partial charge in [0.15, 0.2) is 0 Å². The van der Waals surface area contributed by atoms with E-state index in [9.17, 15) is 19.8 Å². The topological polar surface area (TPSA) is 95.9 Å². The number of aliphatic hydroxyl groups excluding tert-OH is 2. The normalized spacial score (nSPS) is 12.9. The molecule has 0 saturated carbocycles. The summed E-state index contributed by atoms with van der Waals surface area (Å²) < 4.78 is 5.42. The molecule has 0 spiro atoms. The summed E-state index contributed by atoms with van der Waals surface area (Å²) in [6.45, 7) is 4.87. The number of aliphatic hydroxyl groups is 2. The molecule has 0 aromatic heterocycles. The molecule has 0 rings (SSSR count). The molecular weight excluding hydrogens is 755 g/mol. The van der Waals surface area contributed by atoms with E-state index in [1.807, 2.05) is 0 Å². The zero-order valence-corrected chi connectivity index (χ0v) is 40.6. The Balaban J connectivity index is 3.49. The second kappa shape index (κ2) is 50.7. The van der Waals surface area contributed by atoms with Gasteiger partial charge in [0.05, 0.1) is 25.4 Å². The number of allylic oxidation sites excluding steroid dienone is 6. The van der Waals surface area contributed by atoms with Gasteiger partial charge >= 0.3 is 5.97 Å². The molecular formula is C55H103NO5. The van der Waals surface area contributed by atoms with Crippen LogP contribution in [0.5, 0.6) is 0 Å². The van der Waals surface area contributed by atoms with Gasteiger partial charge < -0.3 is 20.3 Å². The van der Waals surface area contributed by atoms with E-state index in [1.54, 1.807) is 0 Å². The standard InChI is InChI=1S/C55H103NO5/c1-3-5-7-9-11-13-15-16-24-28-31-35-39-43-47-53(58)52(51-57)56-54(59)48-44-40-36-32-29-25-22-20-18-17-19-21-23-26-30-34-38-42-46-50-61-55(60)49-45-41-37-33-27-14-12-10-8-6-4-2/h10,12,21,23,26,30,52-53,57-58H,3-9,11,13-20,22,24-25,27-29,31-51H2,1-2H3,(H,56,59)/b12-10-,23-21-,30-26-. The first-order chi connectivity index (χ1) is 30.0.